The van der Waals surface area contributed by atoms with Gasteiger partial charge in [0, 0.05) is 5.56 Å². The van der Waals surface area contributed by atoms with Crippen LogP contribution in [-0.4, -0.2) is 47.4 Å². The molecule has 154 valence electrons. The van der Waals surface area contributed by atoms with E-state index in [2.05, 4.69) is 16.0 Å². The summed E-state index contributed by atoms with van der Waals surface area (Å²) in [5.41, 5.74) is 0.447. The summed E-state index contributed by atoms with van der Waals surface area (Å²) < 4.78 is 0. The van der Waals surface area contributed by atoms with E-state index in [9.17, 15) is 19.2 Å². The van der Waals surface area contributed by atoms with Gasteiger partial charge in [0.25, 0.3) is 5.91 Å². The highest BCUT2D eigenvalue weighted by Crippen LogP contribution is 2.18. The number of hydrogen-bond acceptors (Lipinski definition) is 4. The summed E-state index contributed by atoms with van der Waals surface area (Å²) in [4.78, 5) is 47.8. The maximum absolute atomic E-state index is 12.4. The maximum atomic E-state index is 12.4. The highest BCUT2D eigenvalue weighted by molar-refractivity contribution is 6.07. The van der Waals surface area contributed by atoms with Crippen LogP contribution in [0.2, 0.25) is 0 Å². The minimum atomic E-state index is -1.14. The van der Waals surface area contributed by atoms with E-state index in [0.717, 1.165) is 10.8 Å². The van der Waals surface area contributed by atoms with Crippen LogP contribution in [0.4, 0.5) is 0 Å². The molecule has 2 unspecified atom stereocenters. The molecule has 2 aromatic carbocycles. The van der Waals surface area contributed by atoms with Crippen LogP contribution < -0.4 is 16.0 Å². The Hall–Kier alpha value is -3.42. The number of fused-ring (bicyclic) bond motifs is 1. The lowest BCUT2D eigenvalue weighted by atomic mass is 10.0. The number of carboxylic acids is 1. The lowest BCUT2D eigenvalue weighted by Gasteiger charge is -2.21. The predicted octanol–water partition coefficient (Wildman–Crippen LogP) is 1.30. The van der Waals surface area contributed by atoms with Gasteiger partial charge in [-0.1, -0.05) is 50.2 Å². The van der Waals surface area contributed by atoms with E-state index < -0.39 is 35.8 Å². The van der Waals surface area contributed by atoms with Crippen molar-refractivity contribution in [3.8, 4) is 0 Å². The Morgan fingerprint density at radius 2 is 1.59 bits per heavy atom. The van der Waals surface area contributed by atoms with Crippen LogP contribution in [0.1, 0.15) is 31.1 Å². The summed E-state index contributed by atoms with van der Waals surface area (Å²) in [6.07, 6.45) is 0. The number of nitrogens with one attached hydrogen (secondary N) is 3. The monoisotopic (exact) mass is 399 g/mol. The second kappa shape index (κ2) is 9.68. The molecule has 8 nitrogen and oxygen atoms in total. The number of carboxylic acid groups (broad SMARTS) is 1. The van der Waals surface area contributed by atoms with E-state index in [4.69, 9.17) is 5.11 Å². The first-order valence-electron chi connectivity index (χ1n) is 9.29. The average molecular weight is 399 g/mol. The molecule has 0 radical (unpaired) electrons. The zero-order valence-electron chi connectivity index (χ0n) is 16.6. The Kier molecular flexibility index (Phi) is 7.30. The third-order valence-corrected chi connectivity index (χ3v) is 4.45. The molecule has 2 atom stereocenters. The van der Waals surface area contributed by atoms with Crippen LogP contribution in [-0.2, 0) is 14.4 Å². The van der Waals surface area contributed by atoms with E-state index >= 15 is 0 Å². The summed E-state index contributed by atoms with van der Waals surface area (Å²) in [6, 6.07) is 10.7. The number of hydrogen-bond donors (Lipinski definition) is 4. The minimum absolute atomic E-state index is 0.306. The SMILES string of the molecule is CC(NC(=O)CNC(=O)c1cccc2ccccc12)C(=O)NC(C(=O)O)C(C)C. The average Bonchev–Trinajstić information content (AvgIpc) is 2.68. The van der Waals surface area contributed by atoms with E-state index in [1.807, 2.05) is 30.3 Å². The van der Waals surface area contributed by atoms with Crippen molar-refractivity contribution in [3.63, 3.8) is 0 Å². The molecule has 0 aliphatic heterocycles. The van der Waals surface area contributed by atoms with Gasteiger partial charge in [0.05, 0.1) is 6.54 Å². The molecule has 3 amide bonds. The molecule has 0 bridgehead atoms. The molecule has 0 aromatic heterocycles. The number of amides is 3. The van der Waals surface area contributed by atoms with Crippen LogP contribution in [0.25, 0.3) is 10.8 Å². The fraction of sp³-hybridized carbons (Fsp3) is 0.333. The third kappa shape index (κ3) is 5.78. The highest BCUT2D eigenvalue weighted by Gasteiger charge is 2.26. The predicted molar refractivity (Wildman–Crippen MR) is 108 cm³/mol. The van der Waals surface area contributed by atoms with E-state index in [-0.39, 0.29) is 12.5 Å². The smallest absolute Gasteiger partial charge is 0.326 e. The quantitative estimate of drug-likeness (QED) is 0.533. The molecule has 0 saturated heterocycles. The standard InChI is InChI=1S/C21H25N3O5/c1-12(2)18(21(28)29)24-19(26)13(3)23-17(25)11-22-20(27)16-10-6-8-14-7-4-5-9-15(14)16/h4-10,12-13,18H,11H2,1-3H3,(H,22,27)(H,23,25)(H,24,26)(H,28,29). The maximum Gasteiger partial charge on any atom is 0.326 e. The van der Waals surface area contributed by atoms with Gasteiger partial charge in [-0.15, -0.1) is 0 Å². The van der Waals surface area contributed by atoms with Gasteiger partial charge in [-0.2, -0.15) is 0 Å². The Labute approximate surface area is 168 Å². The molecule has 0 aliphatic rings. The summed E-state index contributed by atoms with van der Waals surface area (Å²) in [5, 5.41) is 18.2. The normalized spacial score (nSPS) is 12.8. The van der Waals surface area contributed by atoms with Crippen molar-refractivity contribution < 1.29 is 24.3 Å². The molecule has 0 saturated carbocycles. The lowest BCUT2D eigenvalue weighted by molar-refractivity contribution is -0.143. The molecular weight excluding hydrogens is 374 g/mol. The van der Waals surface area contributed by atoms with E-state index in [0.29, 0.717) is 5.56 Å². The molecule has 29 heavy (non-hydrogen) atoms. The van der Waals surface area contributed by atoms with E-state index in [1.54, 1.807) is 26.0 Å². The first-order chi connectivity index (χ1) is 13.7. The number of carbonyl (C=O) groups is 4. The first-order valence-corrected chi connectivity index (χ1v) is 9.29. The van der Waals surface area contributed by atoms with Crippen LogP contribution in [0.15, 0.2) is 42.5 Å². The molecule has 0 aliphatic carbocycles. The zero-order chi connectivity index (χ0) is 21.6. The third-order valence-electron chi connectivity index (χ3n) is 4.45. The van der Waals surface area contributed by atoms with Crippen LogP contribution >= 0.6 is 0 Å². The molecule has 0 spiro atoms. The van der Waals surface area contributed by atoms with Crippen molar-refractivity contribution in [2.24, 2.45) is 5.92 Å². The highest BCUT2D eigenvalue weighted by atomic mass is 16.4. The van der Waals surface area contributed by atoms with Crippen LogP contribution in [0, 0.1) is 5.92 Å². The topological polar surface area (TPSA) is 125 Å². The number of carbonyl (C=O) groups excluding carboxylic acids is 3. The second-order valence-electron chi connectivity index (χ2n) is 7.07. The summed E-state index contributed by atoms with van der Waals surface area (Å²) in [5.74, 6) is -3.02. The van der Waals surface area contributed by atoms with Crippen molar-refractivity contribution in [3.05, 3.63) is 48.0 Å². The van der Waals surface area contributed by atoms with Gasteiger partial charge in [0.15, 0.2) is 0 Å². The van der Waals surface area contributed by atoms with Gasteiger partial charge in [-0.25, -0.2) is 4.79 Å². The molecule has 2 rings (SSSR count). The van der Waals surface area contributed by atoms with Crippen molar-refractivity contribution >= 4 is 34.5 Å². The minimum Gasteiger partial charge on any atom is -0.480 e. The van der Waals surface area contributed by atoms with Crippen molar-refractivity contribution in [2.45, 2.75) is 32.9 Å². The van der Waals surface area contributed by atoms with Gasteiger partial charge >= 0.3 is 5.97 Å². The zero-order valence-corrected chi connectivity index (χ0v) is 16.6. The fourth-order valence-corrected chi connectivity index (χ4v) is 2.83. The summed E-state index contributed by atoms with van der Waals surface area (Å²) in [7, 11) is 0. The number of aliphatic carboxylic acids is 1. The summed E-state index contributed by atoms with van der Waals surface area (Å²) in [6.45, 7) is 4.47. The Morgan fingerprint density at radius 3 is 2.24 bits per heavy atom. The molecule has 2 aromatic rings. The fourth-order valence-electron chi connectivity index (χ4n) is 2.83. The van der Waals surface area contributed by atoms with Crippen LogP contribution in [0.5, 0.6) is 0 Å². The first kappa shape index (κ1) is 21.9. The van der Waals surface area contributed by atoms with Crippen molar-refractivity contribution in [1.29, 1.82) is 0 Å². The van der Waals surface area contributed by atoms with Gasteiger partial charge < -0.3 is 21.1 Å². The summed E-state index contributed by atoms with van der Waals surface area (Å²) >= 11 is 0. The Bertz CT molecular complexity index is 920. The van der Waals surface area contributed by atoms with Gasteiger partial charge in [0.2, 0.25) is 11.8 Å². The molecule has 8 heteroatoms. The Balaban J connectivity index is 1.91. The van der Waals surface area contributed by atoms with Crippen LogP contribution in [0.3, 0.4) is 0 Å². The molecular formula is C21H25N3O5. The van der Waals surface area contributed by atoms with Gasteiger partial charge in [-0.05, 0) is 29.7 Å². The molecule has 0 heterocycles. The van der Waals surface area contributed by atoms with Crippen molar-refractivity contribution in [2.75, 3.05) is 6.54 Å². The largest absolute Gasteiger partial charge is 0.480 e. The molecule has 4 N–H and O–H groups in total. The van der Waals surface area contributed by atoms with Crippen molar-refractivity contribution in [1.82, 2.24) is 16.0 Å². The number of rotatable bonds is 8. The lowest BCUT2D eigenvalue weighted by Crippen LogP contribution is -2.53. The van der Waals surface area contributed by atoms with E-state index in [1.165, 1.54) is 6.92 Å². The van der Waals surface area contributed by atoms with Gasteiger partial charge in [-0.3, -0.25) is 14.4 Å². The number of benzene rings is 2. The Morgan fingerprint density at radius 1 is 0.931 bits per heavy atom. The van der Waals surface area contributed by atoms with Gasteiger partial charge in [0.1, 0.15) is 12.1 Å². The second-order valence-corrected chi connectivity index (χ2v) is 7.07. The molecule has 0 fully saturated rings.